The van der Waals surface area contributed by atoms with Crippen LogP contribution in [0, 0.1) is 0 Å². The molecule has 0 saturated carbocycles. The molecule has 0 unspecified atom stereocenters. The summed E-state index contributed by atoms with van der Waals surface area (Å²) >= 11 is 0. The summed E-state index contributed by atoms with van der Waals surface area (Å²) in [6.07, 6.45) is 0.245. The highest BCUT2D eigenvalue weighted by Crippen LogP contribution is 2.29. The molecule has 0 aromatic heterocycles. The second kappa shape index (κ2) is 8.94. The van der Waals surface area contributed by atoms with Crippen molar-refractivity contribution in [2.45, 2.75) is 31.8 Å². The van der Waals surface area contributed by atoms with E-state index in [-0.39, 0.29) is 24.5 Å². The molecule has 0 aliphatic carbocycles. The average molecular weight is 385 g/mol. The first-order valence-electron chi connectivity index (χ1n) is 8.44. The Bertz CT molecular complexity index is 700. The molecule has 3 rings (SSSR count). The topological polar surface area (TPSA) is 30.9 Å². The van der Waals surface area contributed by atoms with Gasteiger partial charge in [-0.1, -0.05) is 18.2 Å². The number of benzene rings is 2. The zero-order valence-electron chi connectivity index (χ0n) is 14.3. The number of nitrogens with zero attached hydrogens (tertiary/aromatic N) is 1. The van der Waals surface area contributed by atoms with Crippen molar-refractivity contribution in [2.75, 3.05) is 18.1 Å². The van der Waals surface area contributed by atoms with Crippen LogP contribution in [0.25, 0.3) is 0 Å². The molecule has 4 nitrogen and oxygen atoms in total. The van der Waals surface area contributed by atoms with E-state index in [1.54, 1.807) is 0 Å². The van der Waals surface area contributed by atoms with Gasteiger partial charge >= 0.3 is 13.2 Å². The Morgan fingerprint density at radius 1 is 0.889 bits per heavy atom. The molecule has 0 spiro atoms. The van der Waals surface area contributed by atoms with Gasteiger partial charge in [0, 0.05) is 12.1 Å². The Balaban J connectivity index is 1.65. The molecule has 2 aromatic carbocycles. The maximum Gasteiger partial charge on any atom is 0.387 e. The van der Waals surface area contributed by atoms with Gasteiger partial charge in [-0.3, -0.25) is 0 Å². The average Bonchev–Trinajstić information content (AvgIpc) is 3.05. The van der Waals surface area contributed by atoms with Gasteiger partial charge < -0.3 is 19.1 Å². The molecule has 0 N–H and O–H groups in total. The van der Waals surface area contributed by atoms with Crippen LogP contribution in [-0.2, 0) is 4.74 Å². The van der Waals surface area contributed by atoms with E-state index in [9.17, 15) is 17.6 Å². The van der Waals surface area contributed by atoms with Gasteiger partial charge in [0.25, 0.3) is 0 Å². The van der Waals surface area contributed by atoms with E-state index < -0.39 is 13.2 Å². The van der Waals surface area contributed by atoms with Crippen LogP contribution in [0.5, 0.6) is 11.5 Å². The Morgan fingerprint density at radius 2 is 1.56 bits per heavy atom. The van der Waals surface area contributed by atoms with Crippen LogP contribution in [0.3, 0.4) is 0 Å². The number of para-hydroxylation sites is 1. The summed E-state index contributed by atoms with van der Waals surface area (Å²) in [6.45, 7) is -5.34. The molecule has 2 aromatic rings. The monoisotopic (exact) mass is 385 g/mol. The van der Waals surface area contributed by atoms with Crippen molar-refractivity contribution < 1.29 is 31.8 Å². The van der Waals surface area contributed by atoms with Crippen molar-refractivity contribution in [2.24, 2.45) is 0 Å². The number of anilines is 1. The Labute approximate surface area is 154 Å². The molecule has 0 amide bonds. The predicted molar refractivity (Wildman–Crippen MR) is 91.6 cm³/mol. The highest BCUT2D eigenvalue weighted by molar-refractivity contribution is 5.48. The van der Waals surface area contributed by atoms with Gasteiger partial charge in [-0.25, -0.2) is 0 Å². The summed E-state index contributed by atoms with van der Waals surface area (Å²) < 4.78 is 64.0. The molecular weight excluding hydrogens is 366 g/mol. The Morgan fingerprint density at radius 3 is 2.19 bits per heavy atom. The first kappa shape index (κ1) is 19.3. The lowest BCUT2D eigenvalue weighted by atomic mass is 10.2. The molecule has 1 heterocycles. The van der Waals surface area contributed by atoms with Gasteiger partial charge in [-0.15, -0.1) is 0 Å². The summed E-state index contributed by atoms with van der Waals surface area (Å²) in [5.74, 6) is 0.531. The van der Waals surface area contributed by atoms with Gasteiger partial charge in [0.1, 0.15) is 17.6 Å². The van der Waals surface area contributed by atoms with Gasteiger partial charge in [0.2, 0.25) is 0 Å². The summed E-state index contributed by atoms with van der Waals surface area (Å²) in [5, 5.41) is 0. The van der Waals surface area contributed by atoms with Crippen LogP contribution >= 0.6 is 0 Å². The number of hydrogen-bond donors (Lipinski definition) is 0. The number of halogens is 4. The second-order valence-electron chi connectivity index (χ2n) is 6.06. The Kier molecular flexibility index (Phi) is 6.39. The van der Waals surface area contributed by atoms with E-state index in [2.05, 4.69) is 9.47 Å². The fourth-order valence-corrected chi connectivity index (χ4v) is 3.13. The van der Waals surface area contributed by atoms with Crippen LogP contribution in [-0.4, -0.2) is 38.5 Å². The molecule has 0 bridgehead atoms. The molecule has 146 valence electrons. The fourth-order valence-electron chi connectivity index (χ4n) is 3.13. The molecule has 1 aliphatic heterocycles. The maximum absolute atomic E-state index is 12.5. The summed E-state index contributed by atoms with van der Waals surface area (Å²) in [5.41, 5.74) is 0.896. The standard InChI is InChI=1S/C19H19F4NO3/c20-18(21)25-12-14-10-17(11-24(14)13-4-2-1-3-5-13)26-15-6-8-16(9-7-15)27-19(22)23/h1-9,14,17-19H,10-12H2/t14-,17-/m0/s1. The summed E-state index contributed by atoms with van der Waals surface area (Å²) in [6, 6.07) is 15.0. The maximum atomic E-state index is 12.5. The predicted octanol–water partition coefficient (Wildman–Crippen LogP) is 4.55. The van der Waals surface area contributed by atoms with Crippen LogP contribution in [0.2, 0.25) is 0 Å². The molecule has 27 heavy (non-hydrogen) atoms. The summed E-state index contributed by atoms with van der Waals surface area (Å²) in [7, 11) is 0. The van der Waals surface area contributed by atoms with Crippen molar-refractivity contribution in [3.8, 4) is 11.5 Å². The lowest BCUT2D eigenvalue weighted by Crippen LogP contribution is -2.34. The summed E-state index contributed by atoms with van der Waals surface area (Å²) in [4.78, 5) is 1.97. The fraction of sp³-hybridized carbons (Fsp3) is 0.368. The van der Waals surface area contributed by atoms with Gasteiger partial charge in [-0.05, 0) is 36.4 Å². The van der Waals surface area contributed by atoms with Gasteiger partial charge in [-0.2, -0.15) is 17.6 Å². The SMILES string of the molecule is FC(F)OC[C@@H]1C[C@H](Oc2ccc(OC(F)F)cc2)CN1c1ccccc1. The van der Waals surface area contributed by atoms with Crippen LogP contribution in [0.15, 0.2) is 54.6 Å². The van der Waals surface area contributed by atoms with E-state index in [0.29, 0.717) is 18.7 Å². The van der Waals surface area contributed by atoms with Crippen LogP contribution in [0.4, 0.5) is 23.2 Å². The third kappa shape index (κ3) is 5.50. The minimum Gasteiger partial charge on any atom is -0.489 e. The highest BCUT2D eigenvalue weighted by atomic mass is 19.3. The Hall–Kier alpha value is -2.48. The number of hydrogen-bond acceptors (Lipinski definition) is 4. The molecule has 1 aliphatic rings. The second-order valence-corrected chi connectivity index (χ2v) is 6.06. The first-order valence-corrected chi connectivity index (χ1v) is 8.44. The van der Waals surface area contributed by atoms with Crippen molar-refractivity contribution in [3.63, 3.8) is 0 Å². The lowest BCUT2D eigenvalue weighted by molar-refractivity contribution is -0.131. The van der Waals surface area contributed by atoms with E-state index in [1.165, 1.54) is 24.3 Å². The largest absolute Gasteiger partial charge is 0.489 e. The number of ether oxygens (including phenoxy) is 3. The number of alkyl halides is 4. The van der Waals surface area contributed by atoms with Crippen LogP contribution < -0.4 is 14.4 Å². The van der Waals surface area contributed by atoms with Crippen molar-refractivity contribution in [1.82, 2.24) is 0 Å². The van der Waals surface area contributed by atoms with Crippen molar-refractivity contribution in [3.05, 3.63) is 54.6 Å². The van der Waals surface area contributed by atoms with E-state index in [0.717, 1.165) is 5.69 Å². The van der Waals surface area contributed by atoms with E-state index in [4.69, 9.17) is 4.74 Å². The highest BCUT2D eigenvalue weighted by Gasteiger charge is 2.34. The molecule has 2 atom stereocenters. The minimum atomic E-state index is -2.89. The molecular formula is C19H19F4NO3. The molecule has 8 heteroatoms. The smallest absolute Gasteiger partial charge is 0.387 e. The van der Waals surface area contributed by atoms with Gasteiger partial charge in [0.15, 0.2) is 0 Å². The van der Waals surface area contributed by atoms with Crippen molar-refractivity contribution in [1.29, 1.82) is 0 Å². The minimum absolute atomic E-state index is 0.0397. The van der Waals surface area contributed by atoms with Crippen molar-refractivity contribution >= 4 is 5.69 Å². The third-order valence-electron chi connectivity index (χ3n) is 4.23. The molecule has 0 radical (unpaired) electrons. The number of rotatable bonds is 8. The normalized spacial score (nSPS) is 19.7. The van der Waals surface area contributed by atoms with E-state index >= 15 is 0 Å². The van der Waals surface area contributed by atoms with Gasteiger partial charge in [0.05, 0.1) is 19.2 Å². The molecule has 1 saturated heterocycles. The van der Waals surface area contributed by atoms with E-state index in [1.807, 2.05) is 35.2 Å². The van der Waals surface area contributed by atoms with Crippen LogP contribution in [0.1, 0.15) is 6.42 Å². The zero-order chi connectivity index (χ0) is 19.2. The third-order valence-corrected chi connectivity index (χ3v) is 4.23. The quantitative estimate of drug-likeness (QED) is 0.624. The molecule has 1 fully saturated rings. The lowest BCUT2D eigenvalue weighted by Gasteiger charge is -2.26. The zero-order valence-corrected chi connectivity index (χ0v) is 14.3. The first-order chi connectivity index (χ1) is 13.0.